The maximum Gasteiger partial charge on any atom is 0.148 e. The number of aryl methyl sites for hydroxylation is 2. The normalized spacial score (nSPS) is 10.1. The molecule has 1 aromatic carbocycles. The fourth-order valence-corrected chi connectivity index (χ4v) is 1.51. The molecule has 0 atom stereocenters. The second-order valence-electron chi connectivity index (χ2n) is 3.90. The molecule has 3 heteroatoms. The van der Waals surface area contributed by atoms with Gasteiger partial charge in [-0.05, 0) is 31.5 Å². The topological polar surface area (TPSA) is 37.8 Å². The van der Waals surface area contributed by atoms with E-state index in [9.17, 15) is 0 Å². The van der Waals surface area contributed by atoms with Gasteiger partial charge < -0.3 is 5.32 Å². The van der Waals surface area contributed by atoms with Gasteiger partial charge in [-0.3, -0.25) is 0 Å². The van der Waals surface area contributed by atoms with Crippen LogP contribution in [0.5, 0.6) is 0 Å². The molecule has 0 saturated carbocycles. The van der Waals surface area contributed by atoms with Gasteiger partial charge in [0.05, 0.1) is 5.69 Å². The fourth-order valence-electron chi connectivity index (χ4n) is 1.51. The van der Waals surface area contributed by atoms with Gasteiger partial charge >= 0.3 is 0 Å². The summed E-state index contributed by atoms with van der Waals surface area (Å²) in [6, 6.07) is 12.3. The van der Waals surface area contributed by atoms with E-state index in [-0.39, 0.29) is 0 Å². The summed E-state index contributed by atoms with van der Waals surface area (Å²) in [6.45, 7) is 4.80. The zero-order chi connectivity index (χ0) is 11.4. The van der Waals surface area contributed by atoms with Crippen LogP contribution in [0.1, 0.15) is 16.8 Å². The molecule has 1 aromatic heterocycles. The van der Waals surface area contributed by atoms with Gasteiger partial charge in [0.1, 0.15) is 5.82 Å². The molecule has 2 rings (SSSR count). The van der Waals surface area contributed by atoms with Crippen molar-refractivity contribution < 1.29 is 0 Å². The second-order valence-corrected chi connectivity index (χ2v) is 3.90. The molecule has 0 amide bonds. The highest BCUT2D eigenvalue weighted by molar-refractivity contribution is 5.35. The summed E-state index contributed by atoms with van der Waals surface area (Å²) in [5.41, 5.74) is 3.46. The highest BCUT2D eigenvalue weighted by atomic mass is 15.2. The molecule has 0 aliphatic carbocycles. The van der Waals surface area contributed by atoms with Gasteiger partial charge in [-0.1, -0.05) is 29.8 Å². The quantitative estimate of drug-likeness (QED) is 0.851. The van der Waals surface area contributed by atoms with Gasteiger partial charge in [-0.2, -0.15) is 5.10 Å². The van der Waals surface area contributed by atoms with Crippen molar-refractivity contribution in [2.45, 2.75) is 20.4 Å². The van der Waals surface area contributed by atoms with E-state index in [1.165, 1.54) is 11.1 Å². The Morgan fingerprint density at radius 2 is 1.94 bits per heavy atom. The number of anilines is 1. The Morgan fingerprint density at radius 3 is 2.62 bits per heavy atom. The van der Waals surface area contributed by atoms with Gasteiger partial charge in [0.25, 0.3) is 0 Å². The molecule has 0 unspecified atom stereocenters. The van der Waals surface area contributed by atoms with Gasteiger partial charge in [-0.25, -0.2) is 0 Å². The van der Waals surface area contributed by atoms with E-state index in [0.717, 1.165) is 18.1 Å². The average molecular weight is 213 g/mol. The summed E-state index contributed by atoms with van der Waals surface area (Å²) in [5, 5.41) is 11.3. The highest BCUT2D eigenvalue weighted by Gasteiger charge is 1.96. The first-order valence-electron chi connectivity index (χ1n) is 5.34. The van der Waals surface area contributed by atoms with Crippen molar-refractivity contribution in [3.8, 4) is 0 Å². The molecular weight excluding hydrogens is 198 g/mol. The number of hydrogen-bond donors (Lipinski definition) is 1. The van der Waals surface area contributed by atoms with Gasteiger partial charge in [0.15, 0.2) is 0 Å². The molecule has 0 aliphatic heterocycles. The Hall–Kier alpha value is -1.90. The van der Waals surface area contributed by atoms with Crippen molar-refractivity contribution >= 4 is 5.82 Å². The number of aromatic nitrogens is 2. The molecule has 0 spiro atoms. The average Bonchev–Trinajstić information content (AvgIpc) is 2.28. The monoisotopic (exact) mass is 213 g/mol. The zero-order valence-corrected chi connectivity index (χ0v) is 9.57. The van der Waals surface area contributed by atoms with E-state index in [1.54, 1.807) is 0 Å². The number of benzene rings is 1. The summed E-state index contributed by atoms with van der Waals surface area (Å²) in [6.07, 6.45) is 0. The summed E-state index contributed by atoms with van der Waals surface area (Å²) in [4.78, 5) is 0. The molecule has 1 N–H and O–H groups in total. The largest absolute Gasteiger partial charge is 0.365 e. The van der Waals surface area contributed by atoms with Gasteiger partial charge in [0.2, 0.25) is 0 Å². The molecule has 0 saturated heterocycles. The maximum atomic E-state index is 4.05. The van der Waals surface area contributed by atoms with E-state index in [1.807, 2.05) is 19.1 Å². The molecular formula is C13H15N3. The van der Waals surface area contributed by atoms with Crippen molar-refractivity contribution in [1.29, 1.82) is 0 Å². The molecule has 3 nitrogen and oxygen atoms in total. The number of rotatable bonds is 3. The molecule has 0 bridgehead atoms. The van der Waals surface area contributed by atoms with Crippen LogP contribution in [0.2, 0.25) is 0 Å². The number of nitrogens with one attached hydrogen (secondary N) is 1. The van der Waals surface area contributed by atoms with Crippen molar-refractivity contribution in [3.63, 3.8) is 0 Å². The van der Waals surface area contributed by atoms with Crippen LogP contribution in [0.3, 0.4) is 0 Å². The minimum absolute atomic E-state index is 0.777. The minimum Gasteiger partial charge on any atom is -0.365 e. The fraction of sp³-hybridized carbons (Fsp3) is 0.231. The molecule has 82 valence electrons. The predicted molar refractivity (Wildman–Crippen MR) is 65.3 cm³/mol. The summed E-state index contributed by atoms with van der Waals surface area (Å²) >= 11 is 0. The van der Waals surface area contributed by atoms with E-state index in [4.69, 9.17) is 0 Å². The SMILES string of the molecule is Cc1cccc(CNc2ccc(C)nn2)c1. The lowest BCUT2D eigenvalue weighted by molar-refractivity contribution is 0.963. The summed E-state index contributed by atoms with van der Waals surface area (Å²) in [5.74, 6) is 0.812. The third-order valence-electron chi connectivity index (χ3n) is 2.35. The molecule has 0 fully saturated rings. The van der Waals surface area contributed by atoms with Crippen LogP contribution in [0.15, 0.2) is 36.4 Å². The van der Waals surface area contributed by atoms with Crippen LogP contribution in [0.25, 0.3) is 0 Å². The van der Waals surface area contributed by atoms with Crippen LogP contribution in [-0.4, -0.2) is 10.2 Å². The van der Waals surface area contributed by atoms with Crippen molar-refractivity contribution in [2.24, 2.45) is 0 Å². The van der Waals surface area contributed by atoms with Crippen molar-refractivity contribution in [3.05, 3.63) is 53.2 Å². The Morgan fingerprint density at radius 1 is 1.06 bits per heavy atom. The first-order chi connectivity index (χ1) is 7.74. The third kappa shape index (κ3) is 2.79. The van der Waals surface area contributed by atoms with Gasteiger partial charge in [-0.15, -0.1) is 5.10 Å². The molecule has 2 aromatic rings. The van der Waals surface area contributed by atoms with E-state index in [0.29, 0.717) is 0 Å². The van der Waals surface area contributed by atoms with E-state index >= 15 is 0 Å². The van der Waals surface area contributed by atoms with Crippen molar-refractivity contribution in [1.82, 2.24) is 10.2 Å². The third-order valence-corrected chi connectivity index (χ3v) is 2.35. The Kier molecular flexibility index (Phi) is 3.15. The Bertz CT molecular complexity index is 463. The van der Waals surface area contributed by atoms with E-state index < -0.39 is 0 Å². The Balaban J connectivity index is 1.99. The van der Waals surface area contributed by atoms with Crippen LogP contribution >= 0.6 is 0 Å². The first kappa shape index (κ1) is 10.6. The lowest BCUT2D eigenvalue weighted by Gasteiger charge is -2.05. The van der Waals surface area contributed by atoms with Gasteiger partial charge in [0, 0.05) is 6.54 Å². The van der Waals surface area contributed by atoms with Crippen LogP contribution < -0.4 is 5.32 Å². The van der Waals surface area contributed by atoms with Crippen molar-refractivity contribution in [2.75, 3.05) is 5.32 Å². The highest BCUT2D eigenvalue weighted by Crippen LogP contribution is 2.07. The van der Waals surface area contributed by atoms with Crippen LogP contribution in [0, 0.1) is 13.8 Å². The predicted octanol–water partition coefficient (Wildman–Crippen LogP) is 2.71. The summed E-state index contributed by atoms with van der Waals surface area (Å²) < 4.78 is 0. The molecule has 16 heavy (non-hydrogen) atoms. The molecule has 0 aliphatic rings. The second kappa shape index (κ2) is 4.75. The molecule has 1 heterocycles. The summed E-state index contributed by atoms with van der Waals surface area (Å²) in [7, 11) is 0. The zero-order valence-electron chi connectivity index (χ0n) is 9.57. The number of hydrogen-bond acceptors (Lipinski definition) is 3. The maximum absolute atomic E-state index is 4.05. The lowest BCUT2D eigenvalue weighted by Crippen LogP contribution is -2.02. The minimum atomic E-state index is 0.777. The van der Waals surface area contributed by atoms with E-state index in [2.05, 4.69) is 46.7 Å². The smallest absolute Gasteiger partial charge is 0.148 e. The Labute approximate surface area is 95.5 Å². The first-order valence-corrected chi connectivity index (χ1v) is 5.34. The lowest BCUT2D eigenvalue weighted by atomic mass is 10.1. The number of nitrogens with zero attached hydrogens (tertiary/aromatic N) is 2. The standard InChI is InChI=1S/C13H15N3/c1-10-4-3-5-12(8-10)9-14-13-7-6-11(2)15-16-13/h3-8H,9H2,1-2H3,(H,14,16). The van der Waals surface area contributed by atoms with Crippen LogP contribution in [0.4, 0.5) is 5.82 Å². The van der Waals surface area contributed by atoms with Crippen LogP contribution in [-0.2, 0) is 6.54 Å². The molecule has 0 radical (unpaired) electrons.